The lowest BCUT2D eigenvalue weighted by Crippen LogP contribution is -2.42. The van der Waals surface area contributed by atoms with Gasteiger partial charge in [-0.3, -0.25) is 4.79 Å². The number of furan rings is 2. The summed E-state index contributed by atoms with van der Waals surface area (Å²) in [7, 11) is 1.47. The molecule has 2 aromatic rings. The van der Waals surface area contributed by atoms with Gasteiger partial charge in [0.15, 0.2) is 0 Å². The highest BCUT2D eigenvalue weighted by atomic mass is 16.5. The molecule has 0 aliphatic rings. The quantitative estimate of drug-likeness (QED) is 0.827. The molecular formula is C14H18N2O4. The molecule has 20 heavy (non-hydrogen) atoms. The molecule has 2 heterocycles. The van der Waals surface area contributed by atoms with E-state index in [4.69, 9.17) is 19.3 Å². The summed E-state index contributed by atoms with van der Waals surface area (Å²) in [6, 6.07) is 7.18. The van der Waals surface area contributed by atoms with Gasteiger partial charge in [-0.2, -0.15) is 0 Å². The first-order chi connectivity index (χ1) is 9.74. The van der Waals surface area contributed by atoms with Crippen molar-refractivity contribution in [1.82, 2.24) is 4.90 Å². The van der Waals surface area contributed by atoms with Crippen molar-refractivity contribution >= 4 is 5.91 Å². The van der Waals surface area contributed by atoms with Crippen LogP contribution in [0.3, 0.4) is 0 Å². The van der Waals surface area contributed by atoms with Crippen molar-refractivity contribution in [2.24, 2.45) is 5.73 Å². The average Bonchev–Trinajstić information content (AvgIpc) is 3.12. The van der Waals surface area contributed by atoms with E-state index in [1.54, 1.807) is 29.6 Å². The minimum Gasteiger partial charge on any atom is -0.467 e. The smallest absolute Gasteiger partial charge is 0.253 e. The number of methoxy groups -OCH3 is 1. The van der Waals surface area contributed by atoms with Crippen LogP contribution in [-0.4, -0.2) is 30.6 Å². The molecule has 0 radical (unpaired) electrons. The minimum absolute atomic E-state index is 0.127. The molecule has 2 aromatic heterocycles. The van der Waals surface area contributed by atoms with E-state index in [0.29, 0.717) is 24.6 Å². The van der Waals surface area contributed by atoms with Gasteiger partial charge < -0.3 is 24.2 Å². The van der Waals surface area contributed by atoms with Crippen LogP contribution in [0.25, 0.3) is 0 Å². The lowest BCUT2D eigenvalue weighted by molar-refractivity contribution is -0.143. The molecule has 108 valence electrons. The highest BCUT2D eigenvalue weighted by Gasteiger charge is 2.24. The molecule has 0 saturated carbocycles. The Morgan fingerprint density at radius 1 is 1.25 bits per heavy atom. The third-order valence-electron chi connectivity index (χ3n) is 2.94. The maximum absolute atomic E-state index is 12.4. The molecule has 6 heteroatoms. The normalized spacial score (nSPS) is 12.3. The van der Waals surface area contributed by atoms with Crippen LogP contribution in [-0.2, 0) is 22.6 Å². The van der Waals surface area contributed by atoms with Crippen molar-refractivity contribution < 1.29 is 18.4 Å². The van der Waals surface area contributed by atoms with Crippen molar-refractivity contribution in [3.63, 3.8) is 0 Å². The van der Waals surface area contributed by atoms with Crippen LogP contribution in [0, 0.1) is 0 Å². The van der Waals surface area contributed by atoms with Crippen molar-refractivity contribution in [3.8, 4) is 0 Å². The van der Waals surface area contributed by atoms with Crippen molar-refractivity contribution in [2.45, 2.75) is 19.2 Å². The molecule has 0 aliphatic carbocycles. The standard InChI is InChI=1S/C14H18N2O4/c1-18-13(8-15)14(17)16(9-11-4-2-6-19-11)10-12-5-3-7-20-12/h2-7,13H,8-10,15H2,1H3. The number of carbonyl (C=O) groups excluding carboxylic acids is 1. The fourth-order valence-corrected chi connectivity index (χ4v) is 1.89. The summed E-state index contributed by atoms with van der Waals surface area (Å²) in [6.07, 6.45) is 2.48. The SMILES string of the molecule is COC(CN)C(=O)N(Cc1ccco1)Cc1ccco1. The summed E-state index contributed by atoms with van der Waals surface area (Å²) in [6.45, 7) is 0.806. The van der Waals surface area contributed by atoms with Crippen LogP contribution >= 0.6 is 0 Å². The van der Waals surface area contributed by atoms with E-state index >= 15 is 0 Å². The Bertz CT molecular complexity index is 467. The van der Waals surface area contributed by atoms with E-state index in [0.717, 1.165) is 0 Å². The maximum Gasteiger partial charge on any atom is 0.253 e. The van der Waals surface area contributed by atoms with Crippen molar-refractivity contribution in [2.75, 3.05) is 13.7 Å². The third kappa shape index (κ3) is 3.49. The van der Waals surface area contributed by atoms with Crippen molar-refractivity contribution in [1.29, 1.82) is 0 Å². The van der Waals surface area contributed by atoms with E-state index in [-0.39, 0.29) is 12.5 Å². The topological polar surface area (TPSA) is 81.8 Å². The molecule has 0 spiro atoms. The summed E-state index contributed by atoms with van der Waals surface area (Å²) in [5.41, 5.74) is 5.55. The number of rotatable bonds is 7. The highest BCUT2D eigenvalue weighted by Crippen LogP contribution is 2.13. The van der Waals surface area contributed by atoms with Crippen LogP contribution in [0.1, 0.15) is 11.5 Å². The Labute approximate surface area is 117 Å². The van der Waals surface area contributed by atoms with E-state index in [1.807, 2.05) is 12.1 Å². The Kier molecular flexibility index (Phi) is 4.97. The van der Waals surface area contributed by atoms with Gasteiger partial charge >= 0.3 is 0 Å². The van der Waals surface area contributed by atoms with E-state index < -0.39 is 6.10 Å². The van der Waals surface area contributed by atoms with Crippen LogP contribution in [0.15, 0.2) is 45.6 Å². The third-order valence-corrected chi connectivity index (χ3v) is 2.94. The number of hydrogen-bond donors (Lipinski definition) is 1. The molecule has 0 fully saturated rings. The fraction of sp³-hybridized carbons (Fsp3) is 0.357. The number of carbonyl (C=O) groups is 1. The Hall–Kier alpha value is -2.05. The lowest BCUT2D eigenvalue weighted by atomic mass is 10.2. The Morgan fingerprint density at radius 2 is 1.80 bits per heavy atom. The fourth-order valence-electron chi connectivity index (χ4n) is 1.89. The van der Waals surface area contributed by atoms with Crippen LogP contribution in [0.2, 0.25) is 0 Å². The van der Waals surface area contributed by atoms with Gasteiger partial charge in [-0.1, -0.05) is 0 Å². The van der Waals surface area contributed by atoms with Gasteiger partial charge in [0.25, 0.3) is 5.91 Å². The van der Waals surface area contributed by atoms with Gasteiger partial charge in [0.2, 0.25) is 0 Å². The van der Waals surface area contributed by atoms with Gasteiger partial charge in [0, 0.05) is 13.7 Å². The minimum atomic E-state index is -0.667. The Balaban J connectivity index is 2.12. The first-order valence-corrected chi connectivity index (χ1v) is 6.31. The second-order valence-corrected chi connectivity index (χ2v) is 4.31. The predicted molar refractivity (Wildman–Crippen MR) is 71.5 cm³/mol. The number of ether oxygens (including phenoxy) is 1. The van der Waals surface area contributed by atoms with Gasteiger partial charge in [-0.15, -0.1) is 0 Å². The lowest BCUT2D eigenvalue weighted by Gasteiger charge is -2.24. The average molecular weight is 278 g/mol. The monoisotopic (exact) mass is 278 g/mol. The molecule has 0 bridgehead atoms. The first-order valence-electron chi connectivity index (χ1n) is 6.31. The molecule has 1 unspecified atom stereocenters. The molecule has 0 aromatic carbocycles. The van der Waals surface area contributed by atoms with Crippen molar-refractivity contribution in [3.05, 3.63) is 48.3 Å². The molecule has 2 N–H and O–H groups in total. The molecule has 1 atom stereocenters. The molecular weight excluding hydrogens is 260 g/mol. The summed E-state index contributed by atoms with van der Waals surface area (Å²) < 4.78 is 15.7. The van der Waals surface area contributed by atoms with Gasteiger partial charge in [0.05, 0.1) is 25.6 Å². The Morgan fingerprint density at radius 3 is 2.15 bits per heavy atom. The van der Waals surface area contributed by atoms with Gasteiger partial charge in [-0.25, -0.2) is 0 Å². The predicted octanol–water partition coefficient (Wildman–Crippen LogP) is 1.38. The molecule has 0 saturated heterocycles. The van der Waals surface area contributed by atoms with E-state index in [1.165, 1.54) is 7.11 Å². The van der Waals surface area contributed by atoms with Gasteiger partial charge in [0.1, 0.15) is 17.6 Å². The zero-order chi connectivity index (χ0) is 14.4. The van der Waals surface area contributed by atoms with Crippen LogP contribution in [0.4, 0.5) is 0 Å². The second-order valence-electron chi connectivity index (χ2n) is 4.31. The summed E-state index contributed by atoms with van der Waals surface area (Å²) >= 11 is 0. The number of hydrogen-bond acceptors (Lipinski definition) is 5. The first kappa shape index (κ1) is 14.4. The molecule has 6 nitrogen and oxygen atoms in total. The summed E-state index contributed by atoms with van der Waals surface area (Å²) in [5.74, 6) is 1.19. The number of nitrogens with two attached hydrogens (primary N) is 1. The van der Waals surface area contributed by atoms with E-state index in [9.17, 15) is 4.79 Å². The largest absolute Gasteiger partial charge is 0.467 e. The maximum atomic E-state index is 12.4. The zero-order valence-corrected chi connectivity index (χ0v) is 11.3. The van der Waals surface area contributed by atoms with Crippen LogP contribution < -0.4 is 5.73 Å². The summed E-state index contributed by atoms with van der Waals surface area (Å²) in [4.78, 5) is 14.0. The van der Waals surface area contributed by atoms with E-state index in [2.05, 4.69) is 0 Å². The molecule has 1 amide bonds. The second kappa shape index (κ2) is 6.93. The summed E-state index contributed by atoms with van der Waals surface area (Å²) in [5, 5.41) is 0. The van der Waals surface area contributed by atoms with Gasteiger partial charge in [-0.05, 0) is 24.3 Å². The highest BCUT2D eigenvalue weighted by molar-refractivity contribution is 5.81. The zero-order valence-electron chi connectivity index (χ0n) is 11.3. The number of nitrogens with zero attached hydrogens (tertiary/aromatic N) is 1. The molecule has 0 aliphatic heterocycles. The van der Waals surface area contributed by atoms with Crippen LogP contribution in [0.5, 0.6) is 0 Å². The number of amides is 1. The molecule has 2 rings (SSSR count).